The van der Waals surface area contributed by atoms with Gasteiger partial charge in [0.2, 0.25) is 11.9 Å². The first-order valence-corrected chi connectivity index (χ1v) is 11.6. The fourth-order valence-electron chi connectivity index (χ4n) is 4.56. The largest absolute Gasteiger partial charge is 0.373 e. The first-order chi connectivity index (χ1) is 15.1. The number of likely N-dealkylation sites (N-methyl/N-ethyl adjacent to an activating group) is 1. The molecule has 4 rings (SSSR count). The minimum atomic E-state index is 0.122. The molecule has 0 unspecified atom stereocenters. The lowest BCUT2D eigenvalue weighted by molar-refractivity contribution is -0.117. The van der Waals surface area contributed by atoms with Gasteiger partial charge in [0, 0.05) is 49.3 Å². The molecule has 1 N–H and O–H groups in total. The maximum absolute atomic E-state index is 12.6. The SMILES string of the molecule is CCC(CC)N1C(=O)Cc2cnc(Nc3cccc(N(C)CCN4CCCC4)c3)nc21. The Bertz CT molecular complexity index is 907. The summed E-state index contributed by atoms with van der Waals surface area (Å²) in [5.74, 6) is 1.41. The van der Waals surface area contributed by atoms with Crippen LogP contribution in [0, 0.1) is 0 Å². The van der Waals surface area contributed by atoms with E-state index in [-0.39, 0.29) is 11.9 Å². The molecule has 1 fully saturated rings. The van der Waals surface area contributed by atoms with Crippen molar-refractivity contribution >= 4 is 29.0 Å². The summed E-state index contributed by atoms with van der Waals surface area (Å²) < 4.78 is 0. The van der Waals surface area contributed by atoms with E-state index in [1.165, 1.54) is 31.6 Å². The molecule has 2 aromatic rings. The molecule has 2 aliphatic heterocycles. The van der Waals surface area contributed by atoms with Crippen molar-refractivity contribution in [1.29, 1.82) is 0 Å². The summed E-state index contributed by atoms with van der Waals surface area (Å²) >= 11 is 0. The maximum Gasteiger partial charge on any atom is 0.233 e. The number of hydrogen-bond acceptors (Lipinski definition) is 6. The number of nitrogens with one attached hydrogen (secondary N) is 1. The van der Waals surface area contributed by atoms with Crippen molar-refractivity contribution in [2.75, 3.05) is 48.3 Å². The fourth-order valence-corrected chi connectivity index (χ4v) is 4.56. The highest BCUT2D eigenvalue weighted by Gasteiger charge is 2.33. The van der Waals surface area contributed by atoms with Crippen LogP contribution in [0.25, 0.3) is 0 Å². The second-order valence-corrected chi connectivity index (χ2v) is 8.60. The number of amides is 1. The Kier molecular flexibility index (Phi) is 6.70. The Morgan fingerprint density at radius 3 is 2.71 bits per heavy atom. The minimum absolute atomic E-state index is 0.122. The van der Waals surface area contributed by atoms with Gasteiger partial charge in [-0.1, -0.05) is 19.9 Å². The molecule has 0 bridgehead atoms. The monoisotopic (exact) mass is 422 g/mol. The zero-order valence-electron chi connectivity index (χ0n) is 19.0. The van der Waals surface area contributed by atoms with Gasteiger partial charge >= 0.3 is 0 Å². The van der Waals surface area contributed by atoms with Gasteiger partial charge in [-0.3, -0.25) is 9.69 Å². The molecule has 0 atom stereocenters. The second kappa shape index (κ2) is 9.64. The standard InChI is InChI=1S/C24H34N6O/c1-4-20(5-2)30-22(31)15-18-17-25-24(27-23(18)30)26-19-9-8-10-21(16-19)28(3)13-14-29-11-6-7-12-29/h8-10,16-17,20H,4-7,11-15H2,1-3H3,(H,25,26,27). The van der Waals surface area contributed by atoms with Crippen molar-refractivity contribution in [3.05, 3.63) is 36.0 Å². The lowest BCUT2D eigenvalue weighted by Crippen LogP contribution is -2.37. The molecule has 0 saturated carbocycles. The van der Waals surface area contributed by atoms with Gasteiger partial charge in [0.25, 0.3) is 0 Å². The molecule has 31 heavy (non-hydrogen) atoms. The molecule has 3 heterocycles. The minimum Gasteiger partial charge on any atom is -0.373 e. The van der Waals surface area contributed by atoms with Gasteiger partial charge < -0.3 is 15.1 Å². The second-order valence-electron chi connectivity index (χ2n) is 8.60. The molecule has 166 valence electrons. The number of fused-ring (bicyclic) bond motifs is 1. The number of benzene rings is 1. The van der Waals surface area contributed by atoms with Gasteiger partial charge in [0.05, 0.1) is 6.42 Å². The van der Waals surface area contributed by atoms with E-state index in [1.54, 1.807) is 6.20 Å². The van der Waals surface area contributed by atoms with E-state index >= 15 is 0 Å². The number of likely N-dealkylation sites (tertiary alicyclic amines) is 1. The molecule has 0 aliphatic carbocycles. The van der Waals surface area contributed by atoms with Gasteiger partial charge in [0.15, 0.2) is 0 Å². The Morgan fingerprint density at radius 1 is 1.19 bits per heavy atom. The van der Waals surface area contributed by atoms with Crippen LogP contribution in [0.4, 0.5) is 23.1 Å². The molecule has 7 heteroatoms. The number of hydrogen-bond donors (Lipinski definition) is 1. The van der Waals surface area contributed by atoms with Gasteiger partial charge in [-0.25, -0.2) is 4.98 Å². The van der Waals surface area contributed by atoms with E-state index in [9.17, 15) is 4.79 Å². The van der Waals surface area contributed by atoms with Crippen LogP contribution < -0.4 is 15.1 Å². The van der Waals surface area contributed by atoms with Crippen LogP contribution in [0.5, 0.6) is 0 Å². The predicted molar refractivity (Wildman–Crippen MR) is 126 cm³/mol. The molecule has 0 radical (unpaired) electrons. The molecular formula is C24H34N6O. The average molecular weight is 423 g/mol. The third-order valence-corrected chi connectivity index (χ3v) is 6.48. The fraction of sp³-hybridized carbons (Fsp3) is 0.542. The Balaban J connectivity index is 1.46. The predicted octanol–water partition coefficient (Wildman–Crippen LogP) is 3.83. The summed E-state index contributed by atoms with van der Waals surface area (Å²) in [7, 11) is 2.14. The molecule has 1 aromatic heterocycles. The summed E-state index contributed by atoms with van der Waals surface area (Å²) in [6.07, 6.45) is 6.66. The van der Waals surface area contributed by atoms with Crippen molar-refractivity contribution in [3.8, 4) is 0 Å². The van der Waals surface area contributed by atoms with Crippen molar-refractivity contribution in [3.63, 3.8) is 0 Å². The molecule has 1 saturated heterocycles. The van der Waals surface area contributed by atoms with E-state index in [4.69, 9.17) is 4.98 Å². The van der Waals surface area contributed by atoms with Crippen LogP contribution in [-0.4, -0.2) is 60.0 Å². The molecule has 0 spiro atoms. The first kappa shape index (κ1) is 21.6. The van der Waals surface area contributed by atoms with Crippen LogP contribution >= 0.6 is 0 Å². The van der Waals surface area contributed by atoms with E-state index in [0.717, 1.165) is 43.0 Å². The van der Waals surface area contributed by atoms with Gasteiger partial charge in [0.1, 0.15) is 5.82 Å². The molecule has 1 amide bonds. The number of carbonyl (C=O) groups excluding carboxylic acids is 1. The highest BCUT2D eigenvalue weighted by Crippen LogP contribution is 2.31. The topological polar surface area (TPSA) is 64.6 Å². The number of aromatic nitrogens is 2. The van der Waals surface area contributed by atoms with Crippen molar-refractivity contribution < 1.29 is 4.79 Å². The molecule has 2 aliphatic rings. The van der Waals surface area contributed by atoms with Crippen molar-refractivity contribution in [2.45, 2.75) is 52.0 Å². The zero-order chi connectivity index (χ0) is 21.8. The highest BCUT2D eigenvalue weighted by atomic mass is 16.2. The third kappa shape index (κ3) is 4.82. The smallest absolute Gasteiger partial charge is 0.233 e. The quantitative estimate of drug-likeness (QED) is 0.663. The van der Waals surface area contributed by atoms with Gasteiger partial charge in [-0.05, 0) is 57.0 Å². The molecular weight excluding hydrogens is 388 g/mol. The molecule has 1 aromatic carbocycles. The van der Waals surface area contributed by atoms with E-state index in [2.05, 4.69) is 59.2 Å². The van der Waals surface area contributed by atoms with Crippen molar-refractivity contribution in [2.24, 2.45) is 0 Å². The summed E-state index contributed by atoms with van der Waals surface area (Å²) in [5, 5.41) is 3.34. The Morgan fingerprint density at radius 2 is 1.97 bits per heavy atom. The van der Waals surface area contributed by atoms with Gasteiger partial charge in [-0.2, -0.15) is 4.98 Å². The Labute approximate surface area is 185 Å². The van der Waals surface area contributed by atoms with Crippen molar-refractivity contribution in [1.82, 2.24) is 14.9 Å². The summed E-state index contributed by atoms with van der Waals surface area (Å²) in [6, 6.07) is 8.52. The lowest BCUT2D eigenvalue weighted by atomic mass is 10.1. The van der Waals surface area contributed by atoms with E-state index in [0.29, 0.717) is 12.4 Å². The summed E-state index contributed by atoms with van der Waals surface area (Å²) in [6.45, 7) is 8.79. The molecule has 7 nitrogen and oxygen atoms in total. The van der Waals surface area contributed by atoms with E-state index < -0.39 is 0 Å². The summed E-state index contributed by atoms with van der Waals surface area (Å²) in [4.78, 5) is 28.4. The van der Waals surface area contributed by atoms with Crippen LogP contribution in [0.2, 0.25) is 0 Å². The van der Waals surface area contributed by atoms with Crippen LogP contribution in [-0.2, 0) is 11.2 Å². The van der Waals surface area contributed by atoms with Crippen LogP contribution in [0.1, 0.15) is 45.1 Å². The average Bonchev–Trinajstić information content (AvgIpc) is 3.41. The van der Waals surface area contributed by atoms with Gasteiger partial charge in [-0.15, -0.1) is 0 Å². The number of nitrogens with zero attached hydrogens (tertiary/aromatic N) is 5. The zero-order valence-corrected chi connectivity index (χ0v) is 19.0. The Hall–Kier alpha value is -2.67. The number of carbonyl (C=O) groups is 1. The number of anilines is 4. The first-order valence-electron chi connectivity index (χ1n) is 11.6. The van der Waals surface area contributed by atoms with Crippen LogP contribution in [0.3, 0.4) is 0 Å². The maximum atomic E-state index is 12.6. The van der Waals surface area contributed by atoms with Crippen LogP contribution in [0.15, 0.2) is 30.5 Å². The highest BCUT2D eigenvalue weighted by molar-refractivity contribution is 6.00. The third-order valence-electron chi connectivity index (χ3n) is 6.48. The van der Waals surface area contributed by atoms with E-state index in [1.807, 2.05) is 11.0 Å². The lowest BCUT2D eigenvalue weighted by Gasteiger charge is -2.26. The summed E-state index contributed by atoms with van der Waals surface area (Å²) in [5.41, 5.74) is 3.03. The number of rotatable bonds is 9. The normalized spacial score (nSPS) is 16.3.